The van der Waals surface area contributed by atoms with Gasteiger partial charge in [0, 0.05) is 11.1 Å². The first kappa shape index (κ1) is 25.2. The lowest BCUT2D eigenvalue weighted by Gasteiger charge is -2.33. The van der Waals surface area contributed by atoms with Gasteiger partial charge in [0.15, 0.2) is 0 Å². The molecule has 0 unspecified atom stereocenters. The third kappa shape index (κ3) is 5.83. The summed E-state index contributed by atoms with van der Waals surface area (Å²) < 4.78 is 6.68. The number of rotatable bonds is 6. The number of nitrogens with zero attached hydrogens (tertiary/aromatic N) is 2. The van der Waals surface area contributed by atoms with Gasteiger partial charge in [0.2, 0.25) is 0 Å². The minimum atomic E-state index is -0.948. The van der Waals surface area contributed by atoms with E-state index >= 15 is 0 Å². The Bertz CT molecular complexity index is 1310. The van der Waals surface area contributed by atoms with Gasteiger partial charge in [-0.2, -0.15) is 5.26 Å². The quantitative estimate of drug-likeness (QED) is 0.321. The molecule has 4 rings (SSSR count). The maximum atomic E-state index is 11.0. The highest BCUT2D eigenvalue weighted by Gasteiger charge is 2.32. The highest BCUT2D eigenvalue weighted by Crippen LogP contribution is 2.44. The fourth-order valence-corrected chi connectivity index (χ4v) is 6.00. The molecule has 0 aliphatic heterocycles. The Morgan fingerprint density at radius 2 is 2.03 bits per heavy atom. The van der Waals surface area contributed by atoms with Crippen LogP contribution in [0.25, 0.3) is 0 Å². The van der Waals surface area contributed by atoms with Gasteiger partial charge < -0.3 is 9.84 Å². The number of aromatic carboxylic acids is 1. The van der Waals surface area contributed by atoms with Crippen molar-refractivity contribution in [1.29, 1.82) is 5.26 Å². The average molecular weight is 552 g/mol. The molecule has 0 bridgehead atoms. The van der Waals surface area contributed by atoms with Crippen molar-refractivity contribution in [2.24, 2.45) is 16.3 Å². The fourth-order valence-electron chi connectivity index (χ4n) is 4.27. The van der Waals surface area contributed by atoms with Crippen molar-refractivity contribution in [3.05, 3.63) is 79.6 Å². The van der Waals surface area contributed by atoms with Gasteiger partial charge in [-0.3, -0.25) is 0 Å². The number of carboxylic acid groups (broad SMARTS) is 1. The van der Waals surface area contributed by atoms with Crippen LogP contribution >= 0.6 is 27.3 Å². The number of nitriles is 1. The summed E-state index contributed by atoms with van der Waals surface area (Å²) in [6.07, 6.45) is 4.87. The lowest BCUT2D eigenvalue weighted by atomic mass is 9.72. The van der Waals surface area contributed by atoms with Gasteiger partial charge in [-0.05, 0) is 93.5 Å². The molecule has 0 radical (unpaired) electrons. The van der Waals surface area contributed by atoms with E-state index in [1.807, 2.05) is 18.2 Å². The number of ether oxygens (including phenoxy) is 1. The standard InChI is InChI=1S/C28H27BrN2O3S/c1-28(2,3)20-9-10-21-22(14-30)26(35-25(21)13-20)31-15-18-6-11-24(23(29)12-18)34-16-17-4-7-19(8-5-17)27(32)33/h4-8,11-12,15,20H,9-10,13,16H2,1-3H3,(H,32,33)/t20-/m1/s1. The normalized spacial score (nSPS) is 15.6. The van der Waals surface area contributed by atoms with Gasteiger partial charge in [-0.1, -0.05) is 32.9 Å². The number of benzene rings is 2. The number of aliphatic imine (C=N–C) groups is 1. The van der Waals surface area contributed by atoms with Crippen LogP contribution in [0.1, 0.15) is 64.7 Å². The minimum absolute atomic E-state index is 0.249. The van der Waals surface area contributed by atoms with Gasteiger partial charge in [0.25, 0.3) is 0 Å². The molecule has 1 heterocycles. The van der Waals surface area contributed by atoms with Crippen LogP contribution in [0.5, 0.6) is 5.75 Å². The molecule has 0 saturated carbocycles. The molecule has 0 fully saturated rings. The SMILES string of the molecule is CC(C)(C)[C@@H]1CCc2c(sc(N=Cc3ccc(OCc4ccc(C(=O)O)cc4)c(Br)c3)c2C#N)C1. The average Bonchev–Trinajstić information content (AvgIpc) is 3.18. The first-order valence-electron chi connectivity index (χ1n) is 11.5. The third-order valence-electron chi connectivity index (χ3n) is 6.47. The molecule has 1 N–H and O–H groups in total. The van der Waals surface area contributed by atoms with E-state index in [0.29, 0.717) is 18.3 Å². The van der Waals surface area contributed by atoms with Crippen LogP contribution in [0.2, 0.25) is 0 Å². The number of carboxylic acids is 1. The lowest BCUT2D eigenvalue weighted by molar-refractivity contribution is 0.0697. The van der Waals surface area contributed by atoms with E-state index in [1.165, 1.54) is 10.4 Å². The molecule has 7 heteroatoms. The first-order chi connectivity index (χ1) is 16.7. The molecular formula is C28H27BrN2O3S. The van der Waals surface area contributed by atoms with Gasteiger partial charge >= 0.3 is 5.97 Å². The summed E-state index contributed by atoms with van der Waals surface area (Å²) in [4.78, 5) is 17.0. The number of fused-ring (bicyclic) bond motifs is 1. The summed E-state index contributed by atoms with van der Waals surface area (Å²) in [6, 6.07) is 14.7. The molecule has 1 aliphatic carbocycles. The van der Waals surface area contributed by atoms with E-state index in [4.69, 9.17) is 9.84 Å². The van der Waals surface area contributed by atoms with Crippen molar-refractivity contribution < 1.29 is 14.6 Å². The molecule has 1 aliphatic rings. The van der Waals surface area contributed by atoms with Crippen molar-refractivity contribution in [2.45, 2.75) is 46.6 Å². The van der Waals surface area contributed by atoms with Crippen molar-refractivity contribution in [2.75, 3.05) is 0 Å². The molecule has 0 saturated heterocycles. The Morgan fingerprint density at radius 1 is 1.29 bits per heavy atom. The molecule has 3 aromatic rings. The summed E-state index contributed by atoms with van der Waals surface area (Å²) in [5.74, 6) is 0.355. The molecule has 0 amide bonds. The third-order valence-corrected chi connectivity index (χ3v) is 8.25. The van der Waals surface area contributed by atoms with Crippen LogP contribution in [0, 0.1) is 22.7 Å². The summed E-state index contributed by atoms with van der Waals surface area (Å²) in [5, 5.41) is 19.6. The van der Waals surface area contributed by atoms with Crippen molar-refractivity contribution >= 4 is 44.5 Å². The molecule has 5 nitrogen and oxygen atoms in total. The topological polar surface area (TPSA) is 82.7 Å². The maximum Gasteiger partial charge on any atom is 0.335 e. The number of hydrogen-bond acceptors (Lipinski definition) is 5. The van der Waals surface area contributed by atoms with Crippen LogP contribution in [0.15, 0.2) is 51.9 Å². The van der Waals surface area contributed by atoms with Gasteiger partial charge in [0.05, 0.1) is 15.6 Å². The highest BCUT2D eigenvalue weighted by molar-refractivity contribution is 9.10. The smallest absolute Gasteiger partial charge is 0.335 e. The summed E-state index contributed by atoms with van der Waals surface area (Å²) in [7, 11) is 0. The Morgan fingerprint density at radius 3 is 2.66 bits per heavy atom. The van der Waals surface area contributed by atoms with E-state index in [2.05, 4.69) is 47.8 Å². The predicted molar refractivity (Wildman–Crippen MR) is 143 cm³/mol. The monoisotopic (exact) mass is 550 g/mol. The molecular weight excluding hydrogens is 524 g/mol. The summed E-state index contributed by atoms with van der Waals surface area (Å²) in [6.45, 7) is 7.20. The molecule has 0 spiro atoms. The number of carbonyl (C=O) groups is 1. The van der Waals surface area contributed by atoms with Crippen LogP contribution in [0.3, 0.4) is 0 Å². The van der Waals surface area contributed by atoms with E-state index in [9.17, 15) is 10.1 Å². The first-order valence-corrected chi connectivity index (χ1v) is 13.1. The second kappa shape index (κ2) is 10.3. The largest absolute Gasteiger partial charge is 0.488 e. The Balaban J connectivity index is 1.46. The predicted octanol–water partition coefficient (Wildman–Crippen LogP) is 7.56. The van der Waals surface area contributed by atoms with Crippen molar-refractivity contribution in [3.63, 3.8) is 0 Å². The van der Waals surface area contributed by atoms with E-state index in [-0.39, 0.29) is 11.0 Å². The molecule has 1 atom stereocenters. The number of hydrogen-bond donors (Lipinski definition) is 1. The zero-order valence-electron chi connectivity index (χ0n) is 20.0. The van der Waals surface area contributed by atoms with E-state index in [1.54, 1.807) is 41.8 Å². The molecule has 1 aromatic heterocycles. The fraction of sp³-hybridized carbons (Fsp3) is 0.321. The van der Waals surface area contributed by atoms with Crippen LogP contribution in [-0.2, 0) is 19.4 Å². The zero-order valence-corrected chi connectivity index (χ0v) is 22.4. The Labute approximate surface area is 218 Å². The van der Waals surface area contributed by atoms with Gasteiger partial charge in [0.1, 0.15) is 23.4 Å². The molecule has 180 valence electrons. The minimum Gasteiger partial charge on any atom is -0.488 e. The van der Waals surface area contributed by atoms with Gasteiger partial charge in [-0.15, -0.1) is 11.3 Å². The maximum absolute atomic E-state index is 11.0. The summed E-state index contributed by atoms with van der Waals surface area (Å²) >= 11 is 5.21. The zero-order chi connectivity index (χ0) is 25.2. The Kier molecular flexibility index (Phi) is 7.44. The number of halogens is 1. The second-order valence-electron chi connectivity index (χ2n) is 9.84. The van der Waals surface area contributed by atoms with E-state index < -0.39 is 5.97 Å². The highest BCUT2D eigenvalue weighted by atomic mass is 79.9. The lowest BCUT2D eigenvalue weighted by Crippen LogP contribution is -2.26. The molecule has 35 heavy (non-hydrogen) atoms. The van der Waals surface area contributed by atoms with Crippen molar-refractivity contribution in [1.82, 2.24) is 0 Å². The van der Waals surface area contributed by atoms with Crippen LogP contribution < -0.4 is 4.74 Å². The number of thiophene rings is 1. The summed E-state index contributed by atoms with van der Waals surface area (Å²) in [5.41, 5.74) is 4.20. The Hall–Kier alpha value is -2.95. The van der Waals surface area contributed by atoms with E-state index in [0.717, 1.165) is 45.4 Å². The molecule has 2 aromatic carbocycles. The van der Waals surface area contributed by atoms with Crippen molar-refractivity contribution in [3.8, 4) is 11.8 Å². The van der Waals surface area contributed by atoms with Crippen LogP contribution in [0.4, 0.5) is 5.00 Å². The second-order valence-corrected chi connectivity index (χ2v) is 11.8. The van der Waals surface area contributed by atoms with Gasteiger partial charge in [-0.25, -0.2) is 9.79 Å². The van der Waals surface area contributed by atoms with Crippen LogP contribution in [-0.4, -0.2) is 17.3 Å².